The number of nitrogens with zero attached hydrogens (tertiary/aromatic N) is 3. The largest absolute Gasteiger partial charge is 0.437 e. The number of halogens is 1. The molecule has 192 valence electrons. The van der Waals surface area contributed by atoms with Gasteiger partial charge in [0.25, 0.3) is 5.91 Å². The van der Waals surface area contributed by atoms with Gasteiger partial charge in [-0.25, -0.2) is 9.37 Å². The average Bonchev–Trinajstić information content (AvgIpc) is 2.89. The van der Waals surface area contributed by atoms with Crippen LogP contribution in [0.5, 0.6) is 11.6 Å². The van der Waals surface area contributed by atoms with Crippen LogP contribution >= 0.6 is 0 Å². The molecule has 0 saturated carbocycles. The first-order chi connectivity index (χ1) is 17.9. The Morgan fingerprint density at radius 2 is 1.97 bits per heavy atom. The van der Waals surface area contributed by atoms with Crippen LogP contribution in [0.4, 0.5) is 27.3 Å². The predicted molar refractivity (Wildman–Crippen MR) is 138 cm³/mol. The molecule has 0 atom stereocenters. The quantitative estimate of drug-likeness (QED) is 0.374. The molecule has 3 aromatic rings. The van der Waals surface area contributed by atoms with Crippen molar-refractivity contribution in [1.82, 2.24) is 9.97 Å². The smallest absolute Gasteiger partial charge is 0.271 e. The molecule has 1 saturated heterocycles. The van der Waals surface area contributed by atoms with Crippen LogP contribution < -0.4 is 26.0 Å². The molecule has 1 fully saturated rings. The molecule has 37 heavy (non-hydrogen) atoms. The van der Waals surface area contributed by atoms with Crippen molar-refractivity contribution in [3.63, 3.8) is 0 Å². The molecule has 11 heteroatoms. The van der Waals surface area contributed by atoms with E-state index in [1.54, 1.807) is 36.4 Å². The number of ether oxygens (including phenoxy) is 2. The molecule has 2 aromatic carbocycles. The molecule has 2 amide bonds. The zero-order valence-electron chi connectivity index (χ0n) is 20.3. The minimum absolute atomic E-state index is 0.0225. The molecule has 10 nitrogen and oxygen atoms in total. The summed E-state index contributed by atoms with van der Waals surface area (Å²) in [6, 6.07) is 11.3. The summed E-state index contributed by atoms with van der Waals surface area (Å²) in [7, 11) is 0. The summed E-state index contributed by atoms with van der Waals surface area (Å²) < 4.78 is 26.2. The second kappa shape index (κ2) is 11.5. The number of aryl methyl sites for hydroxylation is 1. The second-order valence-electron chi connectivity index (χ2n) is 8.10. The Balaban J connectivity index is 1.63. The van der Waals surface area contributed by atoms with Gasteiger partial charge in [-0.15, -0.1) is 0 Å². The number of rotatable bonds is 9. The highest BCUT2D eigenvalue weighted by Crippen LogP contribution is 2.30. The highest BCUT2D eigenvalue weighted by atomic mass is 19.1. The highest BCUT2D eigenvalue weighted by Gasteiger charge is 2.20. The number of nitrogens with two attached hydrogens (primary N) is 1. The maximum Gasteiger partial charge on any atom is 0.271 e. The van der Waals surface area contributed by atoms with E-state index in [2.05, 4.69) is 27.2 Å². The number of carbonyl (C=O) groups is 2. The van der Waals surface area contributed by atoms with E-state index in [4.69, 9.17) is 15.2 Å². The Hall–Kier alpha value is -4.51. The van der Waals surface area contributed by atoms with E-state index in [0.29, 0.717) is 61.2 Å². The summed E-state index contributed by atoms with van der Waals surface area (Å²) in [6.07, 6.45) is 1.56. The Morgan fingerprint density at radius 3 is 2.65 bits per heavy atom. The van der Waals surface area contributed by atoms with E-state index < -0.39 is 11.7 Å². The van der Waals surface area contributed by atoms with E-state index in [0.717, 1.165) is 6.08 Å². The Bertz CT molecular complexity index is 1330. The molecule has 0 bridgehead atoms. The van der Waals surface area contributed by atoms with Crippen LogP contribution in [0.1, 0.15) is 23.1 Å². The van der Waals surface area contributed by atoms with Gasteiger partial charge in [0.1, 0.15) is 17.3 Å². The van der Waals surface area contributed by atoms with Crippen LogP contribution in [0.2, 0.25) is 0 Å². The maximum atomic E-state index is 14.9. The number of aromatic nitrogens is 2. The number of anilines is 4. The zero-order chi connectivity index (χ0) is 26.4. The van der Waals surface area contributed by atoms with E-state index >= 15 is 0 Å². The zero-order valence-corrected chi connectivity index (χ0v) is 20.3. The van der Waals surface area contributed by atoms with Crippen LogP contribution in [-0.2, 0) is 16.0 Å². The Morgan fingerprint density at radius 1 is 1.19 bits per heavy atom. The van der Waals surface area contributed by atoms with Crippen LogP contribution in [0.25, 0.3) is 0 Å². The molecule has 1 aromatic heterocycles. The van der Waals surface area contributed by atoms with Crippen molar-refractivity contribution >= 4 is 34.7 Å². The van der Waals surface area contributed by atoms with Crippen LogP contribution in [0.15, 0.2) is 55.1 Å². The monoisotopic (exact) mass is 506 g/mol. The van der Waals surface area contributed by atoms with Gasteiger partial charge in [0.05, 0.1) is 18.9 Å². The van der Waals surface area contributed by atoms with E-state index in [-0.39, 0.29) is 23.3 Å². The molecule has 0 radical (unpaired) electrons. The van der Waals surface area contributed by atoms with Gasteiger partial charge in [0, 0.05) is 30.5 Å². The van der Waals surface area contributed by atoms with Gasteiger partial charge in [-0.3, -0.25) is 9.59 Å². The molecule has 0 spiro atoms. The molecular weight excluding hydrogens is 479 g/mol. The van der Waals surface area contributed by atoms with Crippen LogP contribution in [0.3, 0.4) is 0 Å². The van der Waals surface area contributed by atoms with Gasteiger partial charge < -0.3 is 30.7 Å². The fraction of sp³-hybridized carbons (Fsp3) is 0.231. The van der Waals surface area contributed by atoms with Crippen molar-refractivity contribution in [3.05, 3.63) is 72.3 Å². The van der Waals surface area contributed by atoms with Crippen molar-refractivity contribution in [1.29, 1.82) is 0 Å². The van der Waals surface area contributed by atoms with Crippen molar-refractivity contribution < 1.29 is 23.5 Å². The lowest BCUT2D eigenvalue weighted by Gasteiger charge is -2.29. The number of amides is 2. The van der Waals surface area contributed by atoms with Crippen LogP contribution in [0, 0.1) is 5.82 Å². The van der Waals surface area contributed by atoms with Gasteiger partial charge in [0.2, 0.25) is 11.8 Å². The number of nitrogens with one attached hydrogen (secondary N) is 2. The lowest BCUT2D eigenvalue weighted by atomic mass is 10.2. The Kier molecular flexibility index (Phi) is 7.94. The maximum absolute atomic E-state index is 14.9. The first-order valence-electron chi connectivity index (χ1n) is 11.7. The number of morpholine rings is 1. The third kappa shape index (κ3) is 6.19. The minimum atomic E-state index is -0.796. The highest BCUT2D eigenvalue weighted by molar-refractivity contribution is 5.99. The summed E-state index contributed by atoms with van der Waals surface area (Å²) in [6.45, 7) is 7.52. The third-order valence-electron chi connectivity index (χ3n) is 5.56. The van der Waals surface area contributed by atoms with Crippen molar-refractivity contribution in [2.75, 3.05) is 41.8 Å². The molecule has 0 aliphatic carbocycles. The molecule has 4 rings (SSSR count). The van der Waals surface area contributed by atoms with Gasteiger partial charge in [-0.2, -0.15) is 4.98 Å². The normalized spacial score (nSPS) is 13.1. The lowest BCUT2D eigenvalue weighted by Crippen LogP contribution is -2.36. The topological polar surface area (TPSA) is 132 Å². The van der Waals surface area contributed by atoms with Gasteiger partial charge in [0.15, 0.2) is 11.5 Å². The Labute approximate surface area is 213 Å². The van der Waals surface area contributed by atoms with Crippen LogP contribution in [-0.4, -0.2) is 48.1 Å². The molecule has 2 heterocycles. The van der Waals surface area contributed by atoms with Gasteiger partial charge in [-0.1, -0.05) is 19.6 Å². The summed E-state index contributed by atoms with van der Waals surface area (Å²) in [4.78, 5) is 34.5. The first-order valence-corrected chi connectivity index (χ1v) is 11.7. The minimum Gasteiger partial charge on any atom is -0.437 e. The standard InChI is InChI=1S/C26H27FN6O4/c1-3-20-26(37-18-7-5-6-16(14-18)29-22(34)4-2)32-25(23(31-20)24(28)35)30-17-8-9-21(19(27)15-17)33-10-12-36-13-11-33/h4-9,14-15H,2-3,10-13H2,1H3,(H2,28,35)(H,29,34)(H,30,32). The summed E-state index contributed by atoms with van der Waals surface area (Å²) in [5.74, 6) is -1.06. The predicted octanol–water partition coefficient (Wildman–Crippen LogP) is 3.77. The number of hydrogen-bond acceptors (Lipinski definition) is 8. The molecule has 4 N–H and O–H groups in total. The average molecular weight is 507 g/mol. The molecule has 1 aliphatic heterocycles. The first kappa shape index (κ1) is 25.6. The number of benzene rings is 2. The summed E-state index contributed by atoms with van der Waals surface area (Å²) in [5.41, 5.74) is 7.17. The number of carbonyl (C=O) groups excluding carboxylic acids is 2. The SMILES string of the molecule is C=CC(=O)Nc1cccc(Oc2nc(Nc3ccc(N4CCOCC4)c(F)c3)c(C(N)=O)nc2CC)c1. The van der Waals surface area contributed by atoms with E-state index in [1.807, 2.05) is 11.8 Å². The summed E-state index contributed by atoms with van der Waals surface area (Å²) in [5, 5.41) is 5.60. The summed E-state index contributed by atoms with van der Waals surface area (Å²) >= 11 is 0. The molecular formula is C26H27FN6O4. The fourth-order valence-corrected chi connectivity index (χ4v) is 3.75. The second-order valence-corrected chi connectivity index (χ2v) is 8.10. The number of hydrogen-bond donors (Lipinski definition) is 3. The van der Waals surface area contributed by atoms with Gasteiger partial charge >= 0.3 is 0 Å². The third-order valence-corrected chi connectivity index (χ3v) is 5.56. The van der Waals surface area contributed by atoms with Gasteiger partial charge in [-0.05, 0) is 42.8 Å². The lowest BCUT2D eigenvalue weighted by molar-refractivity contribution is -0.111. The van der Waals surface area contributed by atoms with E-state index in [1.165, 1.54) is 6.07 Å². The molecule has 0 unspecified atom stereocenters. The van der Waals surface area contributed by atoms with E-state index in [9.17, 15) is 14.0 Å². The van der Waals surface area contributed by atoms with Crippen molar-refractivity contribution in [2.45, 2.75) is 13.3 Å². The van der Waals surface area contributed by atoms with Crippen molar-refractivity contribution in [3.8, 4) is 11.6 Å². The number of primary amides is 1. The molecule has 1 aliphatic rings. The van der Waals surface area contributed by atoms with Crippen molar-refractivity contribution in [2.24, 2.45) is 5.73 Å². The fourth-order valence-electron chi connectivity index (χ4n) is 3.75.